The molecule has 1 unspecified atom stereocenters. The van der Waals surface area contributed by atoms with Gasteiger partial charge in [-0.3, -0.25) is 0 Å². The molecule has 0 saturated carbocycles. The monoisotopic (exact) mass is 339 g/mol. The van der Waals surface area contributed by atoms with E-state index in [4.69, 9.17) is 4.98 Å². The molecule has 1 saturated heterocycles. The zero-order valence-corrected chi connectivity index (χ0v) is 15.3. The molecule has 0 radical (unpaired) electrons. The smallest absolute Gasteiger partial charge is 0.229 e. The summed E-state index contributed by atoms with van der Waals surface area (Å²) in [6, 6.07) is 4.08. The summed E-state index contributed by atoms with van der Waals surface area (Å²) in [6.45, 7) is 10.4. The number of benzene rings is 1. The van der Waals surface area contributed by atoms with Gasteiger partial charge in [-0.15, -0.1) is 0 Å². The average Bonchev–Trinajstić information content (AvgIpc) is 3.03. The first-order chi connectivity index (χ1) is 11.9. The minimum Gasteiger partial charge on any atom is -0.389 e. The zero-order chi connectivity index (χ0) is 17.8. The molecule has 2 aromatic heterocycles. The van der Waals surface area contributed by atoms with Crippen LogP contribution in [-0.4, -0.2) is 37.8 Å². The van der Waals surface area contributed by atoms with E-state index < -0.39 is 6.10 Å². The van der Waals surface area contributed by atoms with Gasteiger partial charge in [0.25, 0.3) is 0 Å². The number of aromatic nitrogens is 4. The quantitative estimate of drug-likeness (QED) is 0.776. The van der Waals surface area contributed by atoms with Crippen molar-refractivity contribution in [1.29, 1.82) is 0 Å². The van der Waals surface area contributed by atoms with Gasteiger partial charge in [-0.2, -0.15) is 9.61 Å². The Morgan fingerprint density at radius 1 is 1.20 bits per heavy atom. The Morgan fingerprint density at radius 3 is 2.60 bits per heavy atom. The second-order valence-electron chi connectivity index (χ2n) is 7.98. The van der Waals surface area contributed by atoms with E-state index in [1.807, 2.05) is 17.5 Å². The third kappa shape index (κ3) is 2.74. The number of aliphatic hydroxyl groups excluding tert-OH is 1. The van der Waals surface area contributed by atoms with Gasteiger partial charge in [0, 0.05) is 24.0 Å². The molecule has 0 amide bonds. The van der Waals surface area contributed by atoms with Gasteiger partial charge >= 0.3 is 0 Å². The molecule has 1 N–H and O–H groups in total. The molecule has 6 heteroatoms. The molecule has 0 aliphatic carbocycles. The highest BCUT2D eigenvalue weighted by molar-refractivity contribution is 5.95. The number of aliphatic hydroxyl groups is 1. The maximum Gasteiger partial charge on any atom is 0.229 e. The van der Waals surface area contributed by atoms with E-state index >= 15 is 0 Å². The lowest BCUT2D eigenvalue weighted by atomic mass is 9.83. The largest absolute Gasteiger partial charge is 0.389 e. The standard InChI is InChI=1S/C19H25N5O/c1-12-9-14(13(2)25)16-15(10-12)17-20-11-21-24(17)18(22-16)23-7-5-19(3,4)6-8-23/h9-11,13,25H,5-8H2,1-4H3. The number of hydrogen-bond donors (Lipinski definition) is 1. The molecule has 25 heavy (non-hydrogen) atoms. The number of nitrogens with zero attached hydrogens (tertiary/aromatic N) is 5. The fraction of sp³-hybridized carbons (Fsp3) is 0.526. The van der Waals surface area contributed by atoms with Gasteiger partial charge in [0.1, 0.15) is 6.33 Å². The second kappa shape index (κ2) is 5.66. The molecule has 4 rings (SSSR count). The van der Waals surface area contributed by atoms with Crippen molar-refractivity contribution in [2.75, 3.05) is 18.0 Å². The van der Waals surface area contributed by atoms with E-state index in [-0.39, 0.29) is 0 Å². The Bertz CT molecular complexity index is 934. The summed E-state index contributed by atoms with van der Waals surface area (Å²) >= 11 is 0. The zero-order valence-electron chi connectivity index (χ0n) is 15.3. The molecular formula is C19H25N5O. The first-order valence-electron chi connectivity index (χ1n) is 8.93. The van der Waals surface area contributed by atoms with Crippen LogP contribution in [0.3, 0.4) is 0 Å². The average molecular weight is 339 g/mol. The van der Waals surface area contributed by atoms with Crippen LogP contribution in [0.4, 0.5) is 5.95 Å². The Hall–Kier alpha value is -2.21. The van der Waals surface area contributed by atoms with Gasteiger partial charge in [-0.05, 0) is 43.7 Å². The van der Waals surface area contributed by atoms with E-state index in [1.165, 1.54) is 0 Å². The SMILES string of the molecule is Cc1cc(C(C)O)c2nc(N3CCC(C)(C)CC3)n3ncnc3c2c1. The number of anilines is 1. The molecule has 6 nitrogen and oxygen atoms in total. The van der Waals surface area contributed by atoms with Crippen LogP contribution in [0.15, 0.2) is 18.5 Å². The molecule has 0 bridgehead atoms. The number of aryl methyl sites for hydroxylation is 1. The van der Waals surface area contributed by atoms with Crippen LogP contribution in [0.1, 0.15) is 50.8 Å². The lowest BCUT2D eigenvalue weighted by Crippen LogP contribution is -2.38. The summed E-state index contributed by atoms with van der Waals surface area (Å²) < 4.78 is 1.84. The van der Waals surface area contributed by atoms with Crippen molar-refractivity contribution in [3.63, 3.8) is 0 Å². The Kier molecular flexibility index (Phi) is 3.68. The van der Waals surface area contributed by atoms with Gasteiger partial charge in [-0.25, -0.2) is 9.97 Å². The molecule has 1 atom stereocenters. The lowest BCUT2D eigenvalue weighted by molar-refractivity contribution is 0.200. The predicted molar refractivity (Wildman–Crippen MR) is 98.9 cm³/mol. The Morgan fingerprint density at radius 2 is 1.92 bits per heavy atom. The molecule has 1 aromatic carbocycles. The molecule has 1 aliphatic rings. The molecular weight excluding hydrogens is 314 g/mol. The maximum atomic E-state index is 10.2. The number of hydrogen-bond acceptors (Lipinski definition) is 5. The van der Waals surface area contributed by atoms with Crippen LogP contribution >= 0.6 is 0 Å². The van der Waals surface area contributed by atoms with Crippen molar-refractivity contribution in [3.05, 3.63) is 29.6 Å². The van der Waals surface area contributed by atoms with Crippen LogP contribution in [0, 0.1) is 12.3 Å². The van der Waals surface area contributed by atoms with Crippen molar-refractivity contribution in [2.45, 2.75) is 46.6 Å². The van der Waals surface area contributed by atoms with Crippen LogP contribution in [0.5, 0.6) is 0 Å². The van der Waals surface area contributed by atoms with Gasteiger partial charge in [0.15, 0.2) is 5.65 Å². The fourth-order valence-electron chi connectivity index (χ4n) is 3.66. The summed E-state index contributed by atoms with van der Waals surface area (Å²) in [6.07, 6.45) is 3.26. The predicted octanol–water partition coefficient (Wildman–Crippen LogP) is 3.27. The van der Waals surface area contributed by atoms with Gasteiger partial charge in [0.05, 0.1) is 11.6 Å². The second-order valence-corrected chi connectivity index (χ2v) is 7.98. The van der Waals surface area contributed by atoms with Gasteiger partial charge in [0.2, 0.25) is 5.95 Å². The number of piperidine rings is 1. The van der Waals surface area contributed by atoms with E-state index in [0.29, 0.717) is 5.41 Å². The van der Waals surface area contributed by atoms with Gasteiger partial charge in [-0.1, -0.05) is 19.9 Å². The highest BCUT2D eigenvalue weighted by atomic mass is 16.3. The molecule has 0 spiro atoms. The van der Waals surface area contributed by atoms with Crippen molar-refractivity contribution in [1.82, 2.24) is 19.6 Å². The van der Waals surface area contributed by atoms with Crippen LogP contribution in [0.25, 0.3) is 16.6 Å². The van der Waals surface area contributed by atoms with E-state index in [9.17, 15) is 5.11 Å². The Balaban J connectivity index is 1.94. The molecule has 1 fully saturated rings. The van der Waals surface area contributed by atoms with Crippen LogP contribution < -0.4 is 4.90 Å². The number of fused-ring (bicyclic) bond motifs is 3. The summed E-state index contributed by atoms with van der Waals surface area (Å²) in [4.78, 5) is 11.7. The van der Waals surface area contributed by atoms with Crippen molar-refractivity contribution in [3.8, 4) is 0 Å². The number of rotatable bonds is 2. The minimum absolute atomic E-state index is 0.372. The van der Waals surface area contributed by atoms with Crippen molar-refractivity contribution in [2.24, 2.45) is 5.41 Å². The summed E-state index contributed by atoms with van der Waals surface area (Å²) in [5.74, 6) is 0.821. The highest BCUT2D eigenvalue weighted by Crippen LogP contribution is 2.34. The molecule has 1 aliphatic heterocycles. The van der Waals surface area contributed by atoms with E-state index in [1.54, 1.807) is 13.3 Å². The topological polar surface area (TPSA) is 66.6 Å². The summed E-state index contributed by atoms with van der Waals surface area (Å²) in [5.41, 5.74) is 3.93. The van der Waals surface area contributed by atoms with E-state index in [2.05, 4.69) is 34.9 Å². The van der Waals surface area contributed by atoms with Crippen LogP contribution in [0.2, 0.25) is 0 Å². The third-order valence-electron chi connectivity index (χ3n) is 5.32. The summed E-state index contributed by atoms with van der Waals surface area (Å²) in [7, 11) is 0. The fourth-order valence-corrected chi connectivity index (χ4v) is 3.66. The maximum absolute atomic E-state index is 10.2. The Labute approximate surface area is 147 Å². The lowest BCUT2D eigenvalue weighted by Gasteiger charge is -2.37. The molecule has 132 valence electrons. The van der Waals surface area contributed by atoms with Crippen molar-refractivity contribution < 1.29 is 5.11 Å². The van der Waals surface area contributed by atoms with E-state index in [0.717, 1.165) is 59.6 Å². The minimum atomic E-state index is -0.576. The normalized spacial score (nSPS) is 18.8. The first-order valence-corrected chi connectivity index (χ1v) is 8.93. The highest BCUT2D eigenvalue weighted by Gasteiger charge is 2.28. The third-order valence-corrected chi connectivity index (χ3v) is 5.32. The van der Waals surface area contributed by atoms with Crippen LogP contribution in [-0.2, 0) is 0 Å². The first kappa shape index (κ1) is 16.3. The van der Waals surface area contributed by atoms with Gasteiger partial charge < -0.3 is 10.0 Å². The summed E-state index contributed by atoms with van der Waals surface area (Å²) in [5, 5.41) is 15.6. The molecule has 3 heterocycles. The molecule has 3 aromatic rings. The van der Waals surface area contributed by atoms with Crippen molar-refractivity contribution >= 4 is 22.5 Å².